The van der Waals surface area contributed by atoms with Crippen molar-refractivity contribution in [3.63, 3.8) is 0 Å². The van der Waals surface area contributed by atoms with Gasteiger partial charge in [-0.15, -0.1) is 10.2 Å². The number of aromatic nitrogens is 2. The van der Waals surface area contributed by atoms with E-state index in [1.165, 1.54) is 7.11 Å². The molecule has 1 aliphatic heterocycles. The Bertz CT molecular complexity index is 1090. The number of esters is 1. The van der Waals surface area contributed by atoms with Gasteiger partial charge >= 0.3 is 5.97 Å². The van der Waals surface area contributed by atoms with Crippen molar-refractivity contribution in [3.05, 3.63) is 65.7 Å². The summed E-state index contributed by atoms with van der Waals surface area (Å²) in [5.41, 5.74) is 9.47. The Hall–Kier alpha value is -3.65. The SMILES string of the molecule is COC(=O)c1ccc([C@@H]2CN(c3cc(-c4ccccc4O)nnc3N)C[C@H](C)O2)cc1. The lowest BCUT2D eigenvalue weighted by molar-refractivity contribution is -0.0173. The second-order valence-corrected chi connectivity index (χ2v) is 7.47. The quantitative estimate of drug-likeness (QED) is 0.619. The summed E-state index contributed by atoms with van der Waals surface area (Å²) in [4.78, 5) is 13.8. The first-order valence-corrected chi connectivity index (χ1v) is 9.96. The average molecular weight is 420 g/mol. The number of rotatable bonds is 4. The molecule has 2 atom stereocenters. The van der Waals surface area contributed by atoms with Crippen LogP contribution in [0.3, 0.4) is 0 Å². The highest BCUT2D eigenvalue weighted by Gasteiger charge is 2.28. The molecule has 1 saturated heterocycles. The van der Waals surface area contributed by atoms with E-state index in [2.05, 4.69) is 15.1 Å². The summed E-state index contributed by atoms with van der Waals surface area (Å²) >= 11 is 0. The van der Waals surface area contributed by atoms with Crippen molar-refractivity contribution < 1.29 is 19.4 Å². The molecule has 0 radical (unpaired) electrons. The van der Waals surface area contributed by atoms with Gasteiger partial charge in [0.25, 0.3) is 0 Å². The van der Waals surface area contributed by atoms with Crippen LogP contribution in [0.15, 0.2) is 54.6 Å². The van der Waals surface area contributed by atoms with Crippen LogP contribution >= 0.6 is 0 Å². The maximum Gasteiger partial charge on any atom is 0.337 e. The molecule has 1 fully saturated rings. The minimum absolute atomic E-state index is 0.0554. The lowest BCUT2D eigenvalue weighted by Gasteiger charge is -2.38. The number of morpholine rings is 1. The summed E-state index contributed by atoms with van der Waals surface area (Å²) in [7, 11) is 1.36. The largest absolute Gasteiger partial charge is 0.507 e. The number of hydrogen-bond acceptors (Lipinski definition) is 8. The molecular weight excluding hydrogens is 396 g/mol. The number of methoxy groups -OCH3 is 1. The van der Waals surface area contributed by atoms with Gasteiger partial charge in [-0.25, -0.2) is 4.79 Å². The first-order chi connectivity index (χ1) is 15.0. The second-order valence-electron chi connectivity index (χ2n) is 7.47. The highest BCUT2D eigenvalue weighted by atomic mass is 16.5. The maximum atomic E-state index is 11.7. The van der Waals surface area contributed by atoms with Crippen LogP contribution in [0.1, 0.15) is 28.9 Å². The number of hydrogen-bond donors (Lipinski definition) is 2. The van der Waals surface area contributed by atoms with Crippen molar-refractivity contribution in [2.75, 3.05) is 30.8 Å². The number of para-hydroxylation sites is 1. The van der Waals surface area contributed by atoms with Gasteiger partial charge in [0, 0.05) is 18.7 Å². The molecule has 3 N–H and O–H groups in total. The number of carbonyl (C=O) groups excluding carboxylic acids is 1. The minimum Gasteiger partial charge on any atom is -0.507 e. The summed E-state index contributed by atoms with van der Waals surface area (Å²) in [6.45, 7) is 3.18. The van der Waals surface area contributed by atoms with E-state index in [0.717, 1.165) is 11.3 Å². The van der Waals surface area contributed by atoms with Gasteiger partial charge in [-0.1, -0.05) is 24.3 Å². The molecule has 31 heavy (non-hydrogen) atoms. The zero-order chi connectivity index (χ0) is 22.0. The second kappa shape index (κ2) is 8.61. The first-order valence-electron chi connectivity index (χ1n) is 9.96. The van der Waals surface area contributed by atoms with Gasteiger partial charge in [0.05, 0.1) is 30.2 Å². The number of nitrogens with zero attached hydrogens (tertiary/aromatic N) is 3. The van der Waals surface area contributed by atoms with Gasteiger partial charge in [-0.2, -0.15) is 0 Å². The zero-order valence-corrected chi connectivity index (χ0v) is 17.4. The Morgan fingerprint density at radius 2 is 1.90 bits per heavy atom. The third-order valence-electron chi connectivity index (χ3n) is 5.29. The highest BCUT2D eigenvalue weighted by molar-refractivity contribution is 5.89. The molecule has 0 amide bonds. The third-order valence-corrected chi connectivity index (χ3v) is 5.29. The molecule has 0 saturated carbocycles. The van der Waals surface area contributed by atoms with E-state index in [1.54, 1.807) is 30.3 Å². The number of nitrogen functional groups attached to an aromatic ring is 1. The summed E-state index contributed by atoms with van der Waals surface area (Å²) in [5, 5.41) is 18.5. The van der Waals surface area contributed by atoms with Crippen molar-refractivity contribution >= 4 is 17.5 Å². The fourth-order valence-electron chi connectivity index (χ4n) is 3.75. The smallest absolute Gasteiger partial charge is 0.337 e. The number of ether oxygens (including phenoxy) is 2. The van der Waals surface area contributed by atoms with Crippen LogP contribution in [0.5, 0.6) is 5.75 Å². The maximum absolute atomic E-state index is 11.7. The minimum atomic E-state index is -0.376. The number of phenols is 1. The number of nitrogens with two attached hydrogens (primary N) is 1. The summed E-state index contributed by atoms with van der Waals surface area (Å²) < 4.78 is 10.9. The predicted octanol–water partition coefficient (Wildman–Crippen LogP) is 3.18. The van der Waals surface area contributed by atoms with Gasteiger partial charge in [-0.3, -0.25) is 0 Å². The molecule has 2 aromatic carbocycles. The average Bonchev–Trinajstić information content (AvgIpc) is 2.79. The van der Waals surface area contributed by atoms with Crippen molar-refractivity contribution in [1.82, 2.24) is 10.2 Å². The summed E-state index contributed by atoms with van der Waals surface area (Å²) in [6.07, 6.45) is -0.267. The number of anilines is 2. The van der Waals surface area contributed by atoms with E-state index < -0.39 is 0 Å². The van der Waals surface area contributed by atoms with Crippen LogP contribution in [0.25, 0.3) is 11.3 Å². The van der Waals surface area contributed by atoms with E-state index in [4.69, 9.17) is 15.2 Å². The lowest BCUT2D eigenvalue weighted by atomic mass is 10.0. The number of carbonyl (C=O) groups is 1. The number of aromatic hydroxyl groups is 1. The van der Waals surface area contributed by atoms with E-state index in [9.17, 15) is 9.90 Å². The van der Waals surface area contributed by atoms with E-state index in [1.807, 2.05) is 31.2 Å². The van der Waals surface area contributed by atoms with Crippen LogP contribution in [0, 0.1) is 0 Å². The van der Waals surface area contributed by atoms with Gasteiger partial charge in [-0.05, 0) is 42.8 Å². The predicted molar refractivity (Wildman–Crippen MR) is 117 cm³/mol. The number of benzene rings is 2. The van der Waals surface area contributed by atoms with Crippen molar-refractivity contribution in [1.29, 1.82) is 0 Å². The molecule has 0 aliphatic carbocycles. The van der Waals surface area contributed by atoms with Crippen molar-refractivity contribution in [2.45, 2.75) is 19.1 Å². The Kier molecular flexibility index (Phi) is 5.73. The monoisotopic (exact) mass is 420 g/mol. The van der Waals surface area contributed by atoms with Crippen molar-refractivity contribution in [3.8, 4) is 17.0 Å². The van der Waals surface area contributed by atoms with Crippen LogP contribution in [-0.2, 0) is 9.47 Å². The molecule has 1 aromatic heterocycles. The Labute approximate surface area is 180 Å². The van der Waals surface area contributed by atoms with Gasteiger partial charge in [0.1, 0.15) is 11.9 Å². The third kappa shape index (κ3) is 4.29. The fourth-order valence-corrected chi connectivity index (χ4v) is 3.75. The van der Waals surface area contributed by atoms with Gasteiger partial charge < -0.3 is 25.2 Å². The molecule has 8 heteroatoms. The molecule has 2 heterocycles. The van der Waals surface area contributed by atoms with Crippen LogP contribution in [0.4, 0.5) is 11.5 Å². The molecular formula is C23H24N4O4. The lowest BCUT2D eigenvalue weighted by Crippen LogP contribution is -2.43. The molecule has 0 spiro atoms. The van der Waals surface area contributed by atoms with E-state index >= 15 is 0 Å². The molecule has 160 valence electrons. The van der Waals surface area contributed by atoms with Crippen LogP contribution in [0.2, 0.25) is 0 Å². The molecule has 1 aliphatic rings. The topological polar surface area (TPSA) is 111 Å². The van der Waals surface area contributed by atoms with E-state index in [-0.39, 0.29) is 23.9 Å². The van der Waals surface area contributed by atoms with Crippen molar-refractivity contribution in [2.24, 2.45) is 0 Å². The molecule has 0 bridgehead atoms. The molecule has 0 unspecified atom stereocenters. The summed E-state index contributed by atoms with van der Waals surface area (Å²) in [6, 6.07) is 16.0. The van der Waals surface area contributed by atoms with Crippen LogP contribution in [-0.4, -0.2) is 47.6 Å². The van der Waals surface area contributed by atoms with Gasteiger partial charge in [0.2, 0.25) is 0 Å². The number of phenolic OH excluding ortho intramolecular Hbond substituents is 1. The molecule has 3 aromatic rings. The Morgan fingerprint density at radius 3 is 2.61 bits per heavy atom. The molecule has 8 nitrogen and oxygen atoms in total. The van der Waals surface area contributed by atoms with E-state index in [0.29, 0.717) is 35.7 Å². The Morgan fingerprint density at radius 1 is 1.16 bits per heavy atom. The Balaban J connectivity index is 1.62. The first kappa shape index (κ1) is 20.6. The van der Waals surface area contributed by atoms with Crippen LogP contribution < -0.4 is 10.6 Å². The highest BCUT2D eigenvalue weighted by Crippen LogP contribution is 2.34. The molecule has 4 rings (SSSR count). The van der Waals surface area contributed by atoms with Gasteiger partial charge in [0.15, 0.2) is 5.82 Å². The normalized spacial score (nSPS) is 18.6. The standard InChI is InChI=1S/C23H24N4O4/c1-14-12-27(13-21(31-14)15-7-9-16(10-8-15)23(29)30-2)19-11-18(25-26-22(19)24)17-5-3-4-6-20(17)28/h3-11,14,21,28H,12-13H2,1-2H3,(H2,24,26)/t14-,21-/m0/s1. The zero-order valence-electron chi connectivity index (χ0n) is 17.4. The summed E-state index contributed by atoms with van der Waals surface area (Å²) in [5.74, 6) is 0.0675. The fraction of sp³-hybridized carbons (Fsp3) is 0.261.